The maximum Gasteiger partial charge on any atom is 0.138 e. The first-order valence-corrected chi connectivity index (χ1v) is 5.18. The number of pyridine rings is 1. The fourth-order valence-electron chi connectivity index (χ4n) is 1.75. The average molecular weight is 201 g/mol. The molecule has 2 rings (SSSR count). The third kappa shape index (κ3) is 1.80. The smallest absolute Gasteiger partial charge is 0.138 e. The summed E-state index contributed by atoms with van der Waals surface area (Å²) < 4.78 is 5.50. The molecule has 0 fully saturated rings. The molecule has 0 spiro atoms. The molecular weight excluding hydrogens is 186 g/mol. The third-order valence-electron chi connectivity index (χ3n) is 2.58. The number of aryl methyl sites for hydroxylation is 1. The number of furan rings is 1. The number of aromatic nitrogens is 1. The molecule has 0 saturated carbocycles. The van der Waals surface area contributed by atoms with E-state index in [0.29, 0.717) is 5.92 Å². The Balaban J connectivity index is 2.58. The number of rotatable bonds is 2. The predicted molar refractivity (Wildman–Crippen MR) is 60.8 cm³/mol. The van der Waals surface area contributed by atoms with Gasteiger partial charge in [0.25, 0.3) is 0 Å². The summed E-state index contributed by atoms with van der Waals surface area (Å²) in [4.78, 5) is 4.16. The van der Waals surface area contributed by atoms with Crippen LogP contribution >= 0.6 is 0 Å². The zero-order valence-corrected chi connectivity index (χ0v) is 9.32. The molecule has 78 valence electrons. The molecule has 0 aliphatic heterocycles. The second-order valence-electron chi connectivity index (χ2n) is 4.05. The summed E-state index contributed by atoms with van der Waals surface area (Å²) in [5.41, 5.74) is 3.54. The van der Waals surface area contributed by atoms with E-state index in [1.807, 2.05) is 18.5 Å². The lowest BCUT2D eigenvalue weighted by molar-refractivity contribution is 0.579. The molecule has 2 heteroatoms. The Bertz CT molecular complexity index is 457. The van der Waals surface area contributed by atoms with Crippen LogP contribution in [-0.4, -0.2) is 4.98 Å². The molecule has 0 atom stereocenters. The van der Waals surface area contributed by atoms with Gasteiger partial charge in [-0.2, -0.15) is 0 Å². The van der Waals surface area contributed by atoms with Crippen molar-refractivity contribution in [3.8, 4) is 11.3 Å². The van der Waals surface area contributed by atoms with Crippen LogP contribution in [0, 0.1) is 6.92 Å². The largest absolute Gasteiger partial charge is 0.464 e. The minimum Gasteiger partial charge on any atom is -0.464 e. The Morgan fingerprint density at radius 2 is 2.07 bits per heavy atom. The summed E-state index contributed by atoms with van der Waals surface area (Å²) in [5.74, 6) is 1.42. The number of nitrogens with zero attached hydrogens (tertiary/aromatic N) is 1. The first-order valence-electron chi connectivity index (χ1n) is 5.18. The van der Waals surface area contributed by atoms with E-state index in [4.69, 9.17) is 4.42 Å². The predicted octanol–water partition coefficient (Wildman–Crippen LogP) is 3.77. The van der Waals surface area contributed by atoms with E-state index in [1.54, 1.807) is 6.26 Å². The minimum absolute atomic E-state index is 0.479. The first kappa shape index (κ1) is 9.97. The highest BCUT2D eigenvalue weighted by molar-refractivity contribution is 5.64. The van der Waals surface area contributed by atoms with Gasteiger partial charge >= 0.3 is 0 Å². The van der Waals surface area contributed by atoms with Crippen molar-refractivity contribution in [1.82, 2.24) is 4.98 Å². The Morgan fingerprint density at radius 1 is 1.27 bits per heavy atom. The van der Waals surface area contributed by atoms with Crippen molar-refractivity contribution in [3.05, 3.63) is 41.9 Å². The molecule has 0 bridgehead atoms. The van der Waals surface area contributed by atoms with E-state index >= 15 is 0 Å². The van der Waals surface area contributed by atoms with Crippen LogP contribution in [0.5, 0.6) is 0 Å². The van der Waals surface area contributed by atoms with Crippen LogP contribution in [0.3, 0.4) is 0 Å². The molecule has 0 amide bonds. The number of hydrogen-bond donors (Lipinski definition) is 0. The Labute approximate surface area is 90.0 Å². The summed E-state index contributed by atoms with van der Waals surface area (Å²) in [7, 11) is 0. The normalized spacial score (nSPS) is 10.9. The highest BCUT2D eigenvalue weighted by Gasteiger charge is 2.12. The molecule has 2 nitrogen and oxygen atoms in total. The lowest BCUT2D eigenvalue weighted by atomic mass is 9.97. The monoisotopic (exact) mass is 201 g/mol. The Kier molecular flexibility index (Phi) is 2.58. The van der Waals surface area contributed by atoms with Gasteiger partial charge in [0.15, 0.2) is 0 Å². The Hall–Kier alpha value is -1.57. The summed E-state index contributed by atoms with van der Waals surface area (Å²) in [6.07, 6.45) is 5.43. The standard InChI is InChI=1S/C13H15NO/c1-9(2)11-4-6-14-8-12(11)13-10(3)5-7-15-13/h4-9H,1-3H3. The molecule has 0 aliphatic rings. The van der Waals surface area contributed by atoms with Crippen molar-refractivity contribution in [2.24, 2.45) is 0 Å². The van der Waals surface area contributed by atoms with Crippen molar-refractivity contribution in [3.63, 3.8) is 0 Å². The second-order valence-corrected chi connectivity index (χ2v) is 4.05. The van der Waals surface area contributed by atoms with Gasteiger partial charge in [0, 0.05) is 18.0 Å². The molecule has 2 aromatic heterocycles. The number of hydrogen-bond acceptors (Lipinski definition) is 2. The Morgan fingerprint density at radius 3 is 2.67 bits per heavy atom. The molecule has 0 N–H and O–H groups in total. The highest BCUT2D eigenvalue weighted by Crippen LogP contribution is 2.30. The summed E-state index contributed by atoms with van der Waals surface area (Å²) in [5, 5.41) is 0. The topological polar surface area (TPSA) is 26.0 Å². The van der Waals surface area contributed by atoms with Gasteiger partial charge in [-0.3, -0.25) is 4.98 Å². The van der Waals surface area contributed by atoms with E-state index < -0.39 is 0 Å². The second kappa shape index (κ2) is 3.89. The molecular formula is C13H15NO. The lowest BCUT2D eigenvalue weighted by Crippen LogP contribution is -1.93. The molecule has 0 aromatic carbocycles. The fraction of sp³-hybridized carbons (Fsp3) is 0.308. The molecule has 0 saturated heterocycles. The SMILES string of the molecule is Cc1ccoc1-c1cnccc1C(C)C. The van der Waals surface area contributed by atoms with Crippen molar-refractivity contribution in [2.45, 2.75) is 26.7 Å². The van der Waals surface area contributed by atoms with Gasteiger partial charge in [-0.25, -0.2) is 0 Å². The molecule has 2 heterocycles. The van der Waals surface area contributed by atoms with Crippen LogP contribution in [0.15, 0.2) is 35.2 Å². The van der Waals surface area contributed by atoms with Crippen LogP contribution in [0.25, 0.3) is 11.3 Å². The third-order valence-corrected chi connectivity index (χ3v) is 2.58. The van der Waals surface area contributed by atoms with Crippen LogP contribution in [-0.2, 0) is 0 Å². The van der Waals surface area contributed by atoms with Crippen LogP contribution in [0.4, 0.5) is 0 Å². The van der Waals surface area contributed by atoms with Crippen molar-refractivity contribution in [1.29, 1.82) is 0 Å². The van der Waals surface area contributed by atoms with E-state index in [0.717, 1.165) is 16.9 Å². The molecule has 0 aliphatic carbocycles. The van der Waals surface area contributed by atoms with Crippen LogP contribution < -0.4 is 0 Å². The van der Waals surface area contributed by atoms with Gasteiger partial charge < -0.3 is 4.42 Å². The zero-order chi connectivity index (χ0) is 10.8. The van der Waals surface area contributed by atoms with Crippen molar-refractivity contribution >= 4 is 0 Å². The van der Waals surface area contributed by atoms with E-state index in [9.17, 15) is 0 Å². The molecule has 0 unspecified atom stereocenters. The molecule has 0 radical (unpaired) electrons. The van der Waals surface area contributed by atoms with Crippen LogP contribution in [0.2, 0.25) is 0 Å². The summed E-state index contributed by atoms with van der Waals surface area (Å²) in [6, 6.07) is 4.04. The quantitative estimate of drug-likeness (QED) is 0.739. The minimum atomic E-state index is 0.479. The van der Waals surface area contributed by atoms with E-state index in [1.165, 1.54) is 5.56 Å². The zero-order valence-electron chi connectivity index (χ0n) is 9.32. The molecule has 15 heavy (non-hydrogen) atoms. The first-order chi connectivity index (χ1) is 7.20. The van der Waals surface area contributed by atoms with Gasteiger partial charge in [-0.05, 0) is 36.1 Å². The van der Waals surface area contributed by atoms with Gasteiger partial charge in [0.2, 0.25) is 0 Å². The van der Waals surface area contributed by atoms with Gasteiger partial charge in [-0.15, -0.1) is 0 Å². The van der Waals surface area contributed by atoms with Crippen molar-refractivity contribution < 1.29 is 4.42 Å². The lowest BCUT2D eigenvalue weighted by Gasteiger charge is -2.10. The maximum absolute atomic E-state index is 5.50. The molecule has 2 aromatic rings. The summed E-state index contributed by atoms with van der Waals surface area (Å²) in [6.45, 7) is 6.41. The van der Waals surface area contributed by atoms with Crippen molar-refractivity contribution in [2.75, 3.05) is 0 Å². The highest BCUT2D eigenvalue weighted by atomic mass is 16.3. The summed E-state index contributed by atoms with van der Waals surface area (Å²) >= 11 is 0. The average Bonchev–Trinajstić information content (AvgIpc) is 2.64. The van der Waals surface area contributed by atoms with E-state index in [-0.39, 0.29) is 0 Å². The maximum atomic E-state index is 5.50. The van der Waals surface area contributed by atoms with Crippen LogP contribution in [0.1, 0.15) is 30.9 Å². The van der Waals surface area contributed by atoms with Gasteiger partial charge in [0.1, 0.15) is 5.76 Å². The van der Waals surface area contributed by atoms with Gasteiger partial charge in [0.05, 0.1) is 6.26 Å². The van der Waals surface area contributed by atoms with Gasteiger partial charge in [-0.1, -0.05) is 13.8 Å². The fourth-order valence-corrected chi connectivity index (χ4v) is 1.75. The van der Waals surface area contributed by atoms with E-state index in [2.05, 4.69) is 31.8 Å².